The molecule has 5 heteroatoms. The van der Waals surface area contributed by atoms with Gasteiger partial charge in [-0.15, -0.1) is 11.3 Å². The van der Waals surface area contributed by atoms with Gasteiger partial charge in [0.05, 0.1) is 16.8 Å². The summed E-state index contributed by atoms with van der Waals surface area (Å²) < 4.78 is 1.25. The molecule has 0 unspecified atom stereocenters. The number of carboxylic acids is 1. The molecule has 1 aromatic heterocycles. The van der Waals surface area contributed by atoms with Gasteiger partial charge in [0.25, 0.3) is 0 Å². The number of rotatable bonds is 5. The summed E-state index contributed by atoms with van der Waals surface area (Å²) in [5.41, 5.74) is 1.09. The zero-order chi connectivity index (χ0) is 14.7. The molecule has 4 nitrogen and oxygen atoms in total. The van der Waals surface area contributed by atoms with E-state index >= 15 is 0 Å². The number of para-hydroxylation sites is 1. The van der Waals surface area contributed by atoms with Gasteiger partial charge in [0, 0.05) is 6.42 Å². The van der Waals surface area contributed by atoms with E-state index in [4.69, 9.17) is 5.11 Å². The predicted octanol–water partition coefficient (Wildman–Crippen LogP) is 3.37. The molecule has 112 valence electrons. The molecular weight excluding hydrogens is 284 g/mol. The second kappa shape index (κ2) is 6.54. The molecule has 1 aromatic carbocycles. The Kier molecular flexibility index (Phi) is 4.51. The highest BCUT2D eigenvalue weighted by Crippen LogP contribution is 2.26. The van der Waals surface area contributed by atoms with Gasteiger partial charge in [-0.25, -0.2) is 4.98 Å². The van der Waals surface area contributed by atoms with Crippen molar-refractivity contribution in [2.24, 2.45) is 5.92 Å². The molecule has 21 heavy (non-hydrogen) atoms. The van der Waals surface area contributed by atoms with Gasteiger partial charge in [0.15, 0.2) is 0 Å². The molecule has 0 bridgehead atoms. The fourth-order valence-electron chi connectivity index (χ4n) is 2.94. The summed E-state index contributed by atoms with van der Waals surface area (Å²) in [5.74, 6) is -0.0976. The first kappa shape index (κ1) is 14.5. The minimum atomic E-state index is -0.674. The van der Waals surface area contributed by atoms with E-state index in [1.807, 2.05) is 6.07 Å². The molecule has 0 spiro atoms. The van der Waals surface area contributed by atoms with Gasteiger partial charge >= 0.3 is 5.97 Å². The lowest BCUT2D eigenvalue weighted by Gasteiger charge is -2.31. The number of thiazole rings is 1. The maximum atomic E-state index is 10.6. The molecule has 0 aliphatic carbocycles. The molecule has 1 aliphatic heterocycles. The van der Waals surface area contributed by atoms with Crippen LogP contribution >= 0.6 is 11.3 Å². The standard InChI is InChI=1S/C16H20N2O2S/c19-16(20)6-5-12-7-9-18(10-8-12)11-15-17-13-3-1-2-4-14(13)21-15/h1-4,12H,5-11H2,(H,19,20). The van der Waals surface area contributed by atoms with Gasteiger partial charge in [-0.3, -0.25) is 9.69 Å². The van der Waals surface area contributed by atoms with E-state index in [0.717, 1.165) is 44.4 Å². The van der Waals surface area contributed by atoms with Gasteiger partial charge in [0.1, 0.15) is 5.01 Å². The van der Waals surface area contributed by atoms with E-state index in [9.17, 15) is 4.79 Å². The number of aliphatic carboxylic acids is 1. The number of fused-ring (bicyclic) bond motifs is 1. The number of hydrogen-bond acceptors (Lipinski definition) is 4. The first-order chi connectivity index (χ1) is 10.2. The lowest BCUT2D eigenvalue weighted by molar-refractivity contribution is -0.137. The topological polar surface area (TPSA) is 53.4 Å². The van der Waals surface area contributed by atoms with Crippen LogP contribution in [0, 0.1) is 5.92 Å². The largest absolute Gasteiger partial charge is 0.481 e. The van der Waals surface area contributed by atoms with Crippen molar-refractivity contribution in [3.63, 3.8) is 0 Å². The van der Waals surface area contributed by atoms with E-state index in [-0.39, 0.29) is 0 Å². The summed E-state index contributed by atoms with van der Waals surface area (Å²) in [5, 5.41) is 9.92. The molecule has 0 radical (unpaired) electrons. The average molecular weight is 304 g/mol. The quantitative estimate of drug-likeness (QED) is 0.920. The van der Waals surface area contributed by atoms with E-state index in [1.54, 1.807) is 11.3 Å². The number of hydrogen-bond donors (Lipinski definition) is 1. The normalized spacial score (nSPS) is 17.3. The van der Waals surface area contributed by atoms with Crippen LogP contribution in [0.25, 0.3) is 10.2 Å². The SMILES string of the molecule is O=C(O)CCC1CCN(Cc2nc3ccccc3s2)CC1. The minimum absolute atomic E-state index is 0.308. The minimum Gasteiger partial charge on any atom is -0.481 e. The van der Waals surface area contributed by atoms with Crippen molar-refractivity contribution in [2.75, 3.05) is 13.1 Å². The van der Waals surface area contributed by atoms with Crippen LogP contribution in [0.4, 0.5) is 0 Å². The molecule has 2 aromatic rings. The number of benzene rings is 1. The van der Waals surface area contributed by atoms with Crippen LogP contribution in [0.2, 0.25) is 0 Å². The van der Waals surface area contributed by atoms with Crippen molar-refractivity contribution >= 4 is 27.5 Å². The Balaban J connectivity index is 1.52. The number of aromatic nitrogens is 1. The number of nitrogens with zero attached hydrogens (tertiary/aromatic N) is 2. The summed E-state index contributed by atoms with van der Waals surface area (Å²) in [7, 11) is 0. The van der Waals surface area contributed by atoms with Crippen molar-refractivity contribution in [3.05, 3.63) is 29.3 Å². The molecule has 0 amide bonds. The van der Waals surface area contributed by atoms with Gasteiger partial charge in [-0.2, -0.15) is 0 Å². The van der Waals surface area contributed by atoms with E-state index in [2.05, 4.69) is 28.1 Å². The number of likely N-dealkylation sites (tertiary alicyclic amines) is 1. The second-order valence-electron chi connectivity index (χ2n) is 5.73. The maximum absolute atomic E-state index is 10.6. The van der Waals surface area contributed by atoms with E-state index < -0.39 is 5.97 Å². The van der Waals surface area contributed by atoms with E-state index in [1.165, 1.54) is 9.71 Å². The maximum Gasteiger partial charge on any atom is 0.303 e. The Morgan fingerprint density at radius 2 is 2.10 bits per heavy atom. The lowest BCUT2D eigenvalue weighted by Crippen LogP contribution is -2.33. The predicted molar refractivity (Wildman–Crippen MR) is 84.5 cm³/mol. The van der Waals surface area contributed by atoms with Crippen LogP contribution in [0.15, 0.2) is 24.3 Å². The van der Waals surface area contributed by atoms with Gasteiger partial charge in [-0.05, 0) is 50.4 Å². The van der Waals surface area contributed by atoms with Gasteiger partial charge in [0.2, 0.25) is 0 Å². The first-order valence-corrected chi connectivity index (χ1v) is 8.31. The van der Waals surface area contributed by atoms with Crippen LogP contribution < -0.4 is 0 Å². The van der Waals surface area contributed by atoms with Crippen molar-refractivity contribution < 1.29 is 9.90 Å². The Bertz CT molecular complexity index is 585. The Morgan fingerprint density at radius 3 is 2.81 bits per heavy atom. The average Bonchev–Trinajstić information content (AvgIpc) is 2.88. The van der Waals surface area contributed by atoms with Crippen LogP contribution in [-0.4, -0.2) is 34.0 Å². The number of piperidine rings is 1. The highest BCUT2D eigenvalue weighted by atomic mass is 32.1. The Labute approximate surface area is 128 Å². The van der Waals surface area contributed by atoms with Crippen molar-refractivity contribution in [2.45, 2.75) is 32.2 Å². The van der Waals surface area contributed by atoms with Gasteiger partial charge < -0.3 is 5.11 Å². The molecule has 1 saturated heterocycles. The summed E-state index contributed by atoms with van der Waals surface area (Å²) >= 11 is 1.78. The van der Waals surface area contributed by atoms with Crippen LogP contribution in [0.3, 0.4) is 0 Å². The highest BCUT2D eigenvalue weighted by molar-refractivity contribution is 7.18. The van der Waals surface area contributed by atoms with Crippen molar-refractivity contribution in [1.29, 1.82) is 0 Å². The summed E-state index contributed by atoms with van der Waals surface area (Å²) in [6.07, 6.45) is 3.35. The van der Waals surface area contributed by atoms with Crippen LogP contribution in [-0.2, 0) is 11.3 Å². The summed E-state index contributed by atoms with van der Waals surface area (Å²) in [4.78, 5) is 17.7. The van der Waals surface area contributed by atoms with Crippen molar-refractivity contribution in [1.82, 2.24) is 9.88 Å². The Morgan fingerprint density at radius 1 is 1.33 bits per heavy atom. The zero-order valence-corrected chi connectivity index (χ0v) is 12.8. The molecular formula is C16H20N2O2S. The van der Waals surface area contributed by atoms with E-state index in [0.29, 0.717) is 12.3 Å². The third-order valence-electron chi connectivity index (χ3n) is 4.17. The fraction of sp³-hybridized carbons (Fsp3) is 0.500. The van der Waals surface area contributed by atoms with Crippen molar-refractivity contribution in [3.8, 4) is 0 Å². The van der Waals surface area contributed by atoms with Crippen LogP contribution in [0.1, 0.15) is 30.7 Å². The smallest absolute Gasteiger partial charge is 0.303 e. The first-order valence-electron chi connectivity index (χ1n) is 7.49. The molecule has 3 rings (SSSR count). The second-order valence-corrected chi connectivity index (χ2v) is 6.84. The zero-order valence-electron chi connectivity index (χ0n) is 12.0. The Hall–Kier alpha value is -1.46. The summed E-state index contributed by atoms with van der Waals surface area (Å²) in [6.45, 7) is 3.03. The molecule has 1 aliphatic rings. The lowest BCUT2D eigenvalue weighted by atomic mass is 9.92. The molecule has 2 heterocycles. The molecule has 1 fully saturated rings. The van der Waals surface area contributed by atoms with Crippen LogP contribution in [0.5, 0.6) is 0 Å². The number of carbonyl (C=O) groups is 1. The fourth-order valence-corrected chi connectivity index (χ4v) is 3.95. The summed E-state index contributed by atoms with van der Waals surface area (Å²) in [6, 6.07) is 8.26. The molecule has 1 N–H and O–H groups in total. The monoisotopic (exact) mass is 304 g/mol. The highest BCUT2D eigenvalue weighted by Gasteiger charge is 2.20. The van der Waals surface area contributed by atoms with Gasteiger partial charge in [-0.1, -0.05) is 12.1 Å². The third-order valence-corrected chi connectivity index (χ3v) is 5.19. The number of carboxylic acid groups (broad SMARTS) is 1. The third kappa shape index (κ3) is 3.80. The molecule has 0 saturated carbocycles. The molecule has 0 atom stereocenters.